The minimum atomic E-state index is -0.0790. The van der Waals surface area contributed by atoms with Crippen molar-refractivity contribution in [3.63, 3.8) is 0 Å². The largest absolute Gasteiger partial charge is 0.311 e. The van der Waals surface area contributed by atoms with Crippen LogP contribution in [0.1, 0.15) is 52.7 Å². The number of aromatic nitrogens is 6. The number of hydrogen-bond acceptors (Lipinski definition) is 7. The zero-order valence-electron chi connectivity index (χ0n) is 54.4. The van der Waals surface area contributed by atoms with Crippen LogP contribution in [-0.4, -0.2) is 36.2 Å². The number of rotatable bonds is 10. The van der Waals surface area contributed by atoms with Gasteiger partial charge in [-0.1, -0.05) is 242 Å². The van der Waals surface area contributed by atoms with Gasteiger partial charge in [0.25, 0.3) is 6.71 Å². The lowest BCUT2D eigenvalue weighted by Crippen LogP contribution is -2.61. The van der Waals surface area contributed by atoms with Gasteiger partial charge in [-0.2, -0.15) is 0 Å². The first-order chi connectivity index (χ1) is 46.9. The predicted molar refractivity (Wildman–Crippen MR) is 399 cm³/mol. The van der Waals surface area contributed by atoms with E-state index in [2.05, 4.69) is 323 Å². The van der Waals surface area contributed by atoms with Crippen LogP contribution in [0.5, 0.6) is 0 Å². The molecule has 0 aliphatic carbocycles. The van der Waals surface area contributed by atoms with E-state index >= 15 is 0 Å². The molecule has 2 aliphatic heterocycles. The van der Waals surface area contributed by atoms with Gasteiger partial charge in [-0.05, 0) is 147 Å². The summed E-state index contributed by atoms with van der Waals surface area (Å²) < 4.78 is 2.41. The van der Waals surface area contributed by atoms with E-state index in [1.54, 1.807) is 0 Å². The van der Waals surface area contributed by atoms with E-state index in [9.17, 15) is 0 Å². The Morgan fingerprint density at radius 3 is 1.16 bits per heavy atom. The fourth-order valence-electron chi connectivity index (χ4n) is 14.3. The third-order valence-corrected chi connectivity index (χ3v) is 19.2. The molecule has 2 aliphatic rings. The lowest BCUT2D eigenvalue weighted by molar-refractivity contribution is 0.590. The third-order valence-electron chi connectivity index (χ3n) is 19.2. The summed E-state index contributed by atoms with van der Waals surface area (Å²) in [7, 11) is 0. The third kappa shape index (κ3) is 10.1. The van der Waals surface area contributed by atoms with Crippen LogP contribution in [0.4, 0.5) is 34.1 Å². The molecule has 0 unspecified atom stereocenters. The second-order valence-electron chi connectivity index (χ2n) is 27.3. The van der Waals surface area contributed by atoms with Crippen molar-refractivity contribution in [2.45, 2.75) is 52.4 Å². The van der Waals surface area contributed by atoms with E-state index < -0.39 is 0 Å². The van der Waals surface area contributed by atoms with E-state index in [4.69, 9.17) is 24.9 Å². The van der Waals surface area contributed by atoms with Gasteiger partial charge in [0, 0.05) is 78.3 Å². The highest BCUT2D eigenvalue weighted by Gasteiger charge is 2.43. The molecule has 0 spiro atoms. The van der Waals surface area contributed by atoms with Crippen LogP contribution < -0.4 is 26.2 Å². The number of nitrogens with zero attached hydrogens (tertiary/aromatic N) is 8. The molecule has 0 bridgehead atoms. The standard InChI is InChI=1S/C87H67BN8/c1-86(2,3)63-45-48-74-67(53-63)68-54-64(87(4,5)6)46-49-75(68)96(74)76-47-44-61(84-89-72(57-26-12-7-13-27-57)55-73(90-84)58-28-14-8-15-29-58)50-69(76)85-92-82(59-30-16-9-17-31-59)91-83(93-85)60-42-40-56(41-43-60)62-51-79-81-80(52-62)95(66-34-20-11-21-35-66)78-39-25-23-37-71(78)88(81)70-36-22-24-38-77(70)94(79)65-32-18-10-19-33-65/h7-55H,1-6H3. The van der Waals surface area contributed by atoms with Gasteiger partial charge in [-0.15, -0.1) is 0 Å². The molecule has 0 fully saturated rings. The summed E-state index contributed by atoms with van der Waals surface area (Å²) in [5.74, 6) is 2.20. The zero-order valence-corrected chi connectivity index (χ0v) is 54.4. The molecule has 12 aromatic carbocycles. The minimum Gasteiger partial charge on any atom is -0.311 e. The maximum Gasteiger partial charge on any atom is 0.252 e. The molecule has 0 saturated heterocycles. The molecule has 15 aromatic rings. The first-order valence-electron chi connectivity index (χ1n) is 33.1. The molecule has 8 nitrogen and oxygen atoms in total. The smallest absolute Gasteiger partial charge is 0.252 e. The molecule has 0 radical (unpaired) electrons. The van der Waals surface area contributed by atoms with Crippen molar-refractivity contribution in [1.82, 2.24) is 29.5 Å². The minimum absolute atomic E-state index is 0.00755. The quantitative estimate of drug-likeness (QED) is 0.126. The molecule has 0 atom stereocenters. The lowest BCUT2D eigenvalue weighted by Gasteiger charge is -2.44. The normalized spacial score (nSPS) is 12.6. The van der Waals surface area contributed by atoms with Gasteiger partial charge in [0.2, 0.25) is 0 Å². The van der Waals surface area contributed by atoms with Crippen LogP contribution in [-0.2, 0) is 10.8 Å². The summed E-state index contributed by atoms with van der Waals surface area (Å²) in [5, 5.41) is 2.37. The molecule has 17 rings (SSSR count). The summed E-state index contributed by atoms with van der Waals surface area (Å²) >= 11 is 0. The van der Waals surface area contributed by atoms with E-state index in [1.807, 2.05) is 30.3 Å². The van der Waals surface area contributed by atoms with Crippen molar-refractivity contribution in [3.05, 3.63) is 308 Å². The highest BCUT2D eigenvalue weighted by Crippen LogP contribution is 2.47. The van der Waals surface area contributed by atoms with E-state index in [-0.39, 0.29) is 17.5 Å². The van der Waals surface area contributed by atoms with Crippen molar-refractivity contribution in [2.75, 3.05) is 9.80 Å². The highest BCUT2D eigenvalue weighted by atomic mass is 15.2. The molecule has 0 N–H and O–H groups in total. The topological polar surface area (TPSA) is 75.9 Å². The summed E-state index contributed by atoms with van der Waals surface area (Å²) in [4.78, 5) is 32.2. The predicted octanol–water partition coefficient (Wildman–Crippen LogP) is 20.1. The Balaban J connectivity index is 0.876. The van der Waals surface area contributed by atoms with Gasteiger partial charge >= 0.3 is 0 Å². The molecule has 5 heterocycles. The van der Waals surface area contributed by atoms with E-state index in [0.717, 1.165) is 95.4 Å². The van der Waals surface area contributed by atoms with Crippen LogP contribution in [0.25, 0.3) is 107 Å². The van der Waals surface area contributed by atoms with Crippen LogP contribution in [0.3, 0.4) is 0 Å². The lowest BCUT2D eigenvalue weighted by atomic mass is 9.33. The van der Waals surface area contributed by atoms with E-state index in [0.29, 0.717) is 23.3 Å². The second kappa shape index (κ2) is 23.0. The van der Waals surface area contributed by atoms with Crippen molar-refractivity contribution in [2.24, 2.45) is 0 Å². The number of hydrogen-bond donors (Lipinski definition) is 0. The molecular formula is C87H67BN8. The molecule has 458 valence electrons. The Bertz CT molecular complexity index is 5250. The average Bonchev–Trinajstić information content (AvgIpc) is 0.829. The first kappa shape index (κ1) is 58.0. The number of benzene rings is 12. The van der Waals surface area contributed by atoms with Crippen molar-refractivity contribution >= 4 is 79.0 Å². The van der Waals surface area contributed by atoms with Crippen LogP contribution in [0.15, 0.2) is 297 Å². The van der Waals surface area contributed by atoms with Crippen molar-refractivity contribution in [1.29, 1.82) is 0 Å². The van der Waals surface area contributed by atoms with Crippen LogP contribution in [0, 0.1) is 0 Å². The maximum absolute atomic E-state index is 5.63. The fraction of sp³-hybridized carbons (Fsp3) is 0.0920. The van der Waals surface area contributed by atoms with Crippen molar-refractivity contribution < 1.29 is 0 Å². The molecule has 0 amide bonds. The summed E-state index contributed by atoms with van der Waals surface area (Å²) in [6.45, 7) is 13.7. The summed E-state index contributed by atoms with van der Waals surface area (Å²) in [5.41, 5.74) is 25.3. The number of para-hydroxylation sites is 4. The molecule has 96 heavy (non-hydrogen) atoms. The van der Waals surface area contributed by atoms with Gasteiger partial charge in [0.05, 0.1) is 28.1 Å². The van der Waals surface area contributed by atoms with Crippen molar-refractivity contribution in [3.8, 4) is 84.9 Å². The molecule has 9 heteroatoms. The maximum atomic E-state index is 5.63. The van der Waals surface area contributed by atoms with Gasteiger partial charge in [0.1, 0.15) is 0 Å². The molecule has 3 aromatic heterocycles. The van der Waals surface area contributed by atoms with Gasteiger partial charge in [-0.25, -0.2) is 24.9 Å². The number of anilines is 6. The molecule has 0 saturated carbocycles. The second-order valence-corrected chi connectivity index (χ2v) is 27.3. The monoisotopic (exact) mass is 1230 g/mol. The average molecular weight is 1240 g/mol. The summed E-state index contributed by atoms with van der Waals surface area (Å²) in [6, 6.07) is 107. The Kier molecular flexibility index (Phi) is 13.9. The van der Waals surface area contributed by atoms with Gasteiger partial charge in [-0.3, -0.25) is 0 Å². The van der Waals surface area contributed by atoms with Gasteiger partial charge in [0.15, 0.2) is 23.3 Å². The Morgan fingerprint density at radius 2 is 0.677 bits per heavy atom. The SMILES string of the molecule is CC(C)(C)c1ccc2c(c1)c1cc(C(C)(C)C)ccc1n2-c1ccc(-c2nc(-c3ccccc3)cc(-c3ccccc3)n2)cc1-c1nc(-c2ccccc2)nc(-c2ccc(-c3cc4c5c(c3)N(c3ccccc3)c3ccccc3B5c3ccccc3N4c3ccccc3)cc2)n1. The first-order valence-corrected chi connectivity index (χ1v) is 33.1. The van der Waals surface area contributed by atoms with Crippen LogP contribution in [0.2, 0.25) is 0 Å². The Morgan fingerprint density at radius 1 is 0.281 bits per heavy atom. The zero-order chi connectivity index (χ0) is 64.8. The summed E-state index contributed by atoms with van der Waals surface area (Å²) in [6.07, 6.45) is 0. The Labute approximate surface area is 560 Å². The Hall–Kier alpha value is -11.8. The number of fused-ring (bicyclic) bond motifs is 7. The van der Waals surface area contributed by atoms with Gasteiger partial charge < -0.3 is 14.4 Å². The fourth-order valence-corrected chi connectivity index (χ4v) is 14.3. The van der Waals surface area contributed by atoms with Crippen LogP contribution >= 0.6 is 0 Å². The molecular weight excluding hydrogens is 1170 g/mol. The van der Waals surface area contributed by atoms with E-state index in [1.165, 1.54) is 49.7 Å². The highest BCUT2D eigenvalue weighted by molar-refractivity contribution is 7.00.